The molecular weight excluding hydrogens is 414 g/mol. The molecule has 2 rings (SSSR count). The van der Waals surface area contributed by atoms with Gasteiger partial charge in [0.1, 0.15) is 5.82 Å². The zero-order chi connectivity index (χ0) is 21.6. The van der Waals surface area contributed by atoms with Gasteiger partial charge in [0.2, 0.25) is 21.9 Å². The summed E-state index contributed by atoms with van der Waals surface area (Å²) in [6.07, 6.45) is 2.23. The van der Waals surface area contributed by atoms with E-state index in [0.29, 0.717) is 29.6 Å². The number of aliphatic hydroxyl groups is 1. The Morgan fingerprint density at radius 2 is 1.69 bits per heavy atom. The van der Waals surface area contributed by atoms with Crippen LogP contribution in [-0.2, 0) is 16.4 Å². The molecular formula is C19H28ClN5O3S. The topological polar surface area (TPSA) is 117 Å². The minimum atomic E-state index is -3.54. The Morgan fingerprint density at radius 1 is 1.07 bits per heavy atom. The monoisotopic (exact) mass is 441 g/mol. The average Bonchev–Trinajstić information content (AvgIpc) is 2.59. The van der Waals surface area contributed by atoms with E-state index in [2.05, 4.69) is 25.0 Å². The van der Waals surface area contributed by atoms with Gasteiger partial charge in [-0.1, -0.05) is 44.5 Å². The minimum absolute atomic E-state index is 0.0513. The second kappa shape index (κ2) is 10.2. The van der Waals surface area contributed by atoms with Gasteiger partial charge < -0.3 is 10.4 Å². The van der Waals surface area contributed by atoms with Gasteiger partial charge in [-0.2, -0.15) is 15.0 Å². The van der Waals surface area contributed by atoms with Crippen molar-refractivity contribution < 1.29 is 13.5 Å². The van der Waals surface area contributed by atoms with Crippen LogP contribution in [0.4, 0.5) is 11.9 Å². The smallest absolute Gasteiger partial charge is 0.241 e. The number of hydrogen-bond donors (Lipinski definition) is 3. The lowest BCUT2D eigenvalue weighted by Gasteiger charge is -2.19. The highest BCUT2D eigenvalue weighted by atomic mass is 35.5. The molecule has 29 heavy (non-hydrogen) atoms. The summed E-state index contributed by atoms with van der Waals surface area (Å²) in [7, 11) is -3.54. The van der Waals surface area contributed by atoms with E-state index in [9.17, 15) is 13.5 Å². The van der Waals surface area contributed by atoms with E-state index >= 15 is 0 Å². The van der Waals surface area contributed by atoms with Crippen molar-refractivity contribution in [3.8, 4) is 0 Å². The number of sulfonamides is 1. The molecule has 0 amide bonds. The number of aromatic nitrogens is 3. The lowest BCUT2D eigenvalue weighted by Crippen LogP contribution is -2.27. The minimum Gasteiger partial charge on any atom is -0.394 e. The third-order valence-electron chi connectivity index (χ3n) is 4.20. The fraction of sp³-hybridized carbons (Fsp3) is 0.526. The van der Waals surface area contributed by atoms with Crippen LogP contribution < -0.4 is 10.0 Å². The third kappa shape index (κ3) is 8.12. The van der Waals surface area contributed by atoms with Crippen LogP contribution in [0.2, 0.25) is 5.02 Å². The van der Waals surface area contributed by atoms with Crippen molar-refractivity contribution in [3.63, 3.8) is 0 Å². The Morgan fingerprint density at radius 3 is 2.24 bits per heavy atom. The third-order valence-corrected chi connectivity index (χ3v) is 5.00. The fourth-order valence-electron chi connectivity index (χ4n) is 2.90. The van der Waals surface area contributed by atoms with Crippen molar-refractivity contribution in [1.29, 1.82) is 0 Å². The summed E-state index contributed by atoms with van der Waals surface area (Å²) in [5, 5.41) is 13.4. The molecule has 2 aromatic rings. The number of halogens is 1. The fourth-order valence-corrected chi connectivity index (χ4v) is 3.45. The van der Waals surface area contributed by atoms with E-state index in [-0.39, 0.29) is 30.5 Å². The SMILES string of the molecule is CC(C)CC(CO)Nc1nc(CC(C)c2ccc(Cl)cc2)nc(NS(C)(=O)=O)n1. The van der Waals surface area contributed by atoms with Crippen molar-refractivity contribution in [3.05, 3.63) is 40.7 Å². The lowest BCUT2D eigenvalue weighted by molar-refractivity contribution is 0.259. The molecule has 0 aliphatic rings. The Kier molecular flexibility index (Phi) is 8.18. The molecule has 0 radical (unpaired) electrons. The maximum atomic E-state index is 11.6. The van der Waals surface area contributed by atoms with Crippen LogP contribution in [0.3, 0.4) is 0 Å². The van der Waals surface area contributed by atoms with Crippen molar-refractivity contribution in [2.75, 3.05) is 22.9 Å². The Labute approximate surface area is 177 Å². The van der Waals surface area contributed by atoms with Gasteiger partial charge in [-0.25, -0.2) is 8.42 Å². The Bertz CT molecular complexity index is 907. The number of hydrogen-bond acceptors (Lipinski definition) is 7. The Balaban J connectivity index is 2.29. The van der Waals surface area contributed by atoms with Crippen molar-refractivity contribution in [2.24, 2.45) is 5.92 Å². The molecule has 1 aromatic heterocycles. The first-order valence-electron chi connectivity index (χ1n) is 9.41. The highest BCUT2D eigenvalue weighted by Crippen LogP contribution is 2.22. The first kappa shape index (κ1) is 23.3. The first-order chi connectivity index (χ1) is 13.6. The largest absolute Gasteiger partial charge is 0.394 e. The molecule has 0 aliphatic carbocycles. The average molecular weight is 442 g/mol. The van der Waals surface area contributed by atoms with E-state index in [1.807, 2.05) is 45.0 Å². The molecule has 3 N–H and O–H groups in total. The van der Waals surface area contributed by atoms with Gasteiger partial charge in [0.05, 0.1) is 18.9 Å². The number of benzene rings is 1. The molecule has 0 bridgehead atoms. The lowest BCUT2D eigenvalue weighted by atomic mass is 9.98. The quantitative estimate of drug-likeness (QED) is 0.518. The van der Waals surface area contributed by atoms with Crippen molar-refractivity contribution in [1.82, 2.24) is 15.0 Å². The van der Waals surface area contributed by atoms with Crippen LogP contribution in [0.15, 0.2) is 24.3 Å². The van der Waals surface area contributed by atoms with Gasteiger partial charge in [0.25, 0.3) is 0 Å². The van der Waals surface area contributed by atoms with Gasteiger partial charge in [-0.05, 0) is 36.0 Å². The molecule has 0 fully saturated rings. The number of nitrogens with zero attached hydrogens (tertiary/aromatic N) is 3. The van der Waals surface area contributed by atoms with Gasteiger partial charge in [0, 0.05) is 11.4 Å². The van der Waals surface area contributed by atoms with Gasteiger partial charge in [0.15, 0.2) is 0 Å². The standard InChI is InChI=1S/C19H28ClN5O3S/c1-12(2)9-16(11-26)21-18-22-17(23-19(24-18)25-29(4,27)28)10-13(3)14-5-7-15(20)8-6-14/h5-8,12-13,16,26H,9-11H2,1-4H3,(H2,21,22,23,24,25). The summed E-state index contributed by atoms with van der Waals surface area (Å²) >= 11 is 5.95. The van der Waals surface area contributed by atoms with Gasteiger partial charge in [-0.3, -0.25) is 4.72 Å². The summed E-state index contributed by atoms with van der Waals surface area (Å²) in [5.74, 6) is 1.06. The molecule has 0 saturated heterocycles. The number of nitrogens with one attached hydrogen (secondary N) is 2. The molecule has 2 unspecified atom stereocenters. The van der Waals surface area contributed by atoms with E-state index in [0.717, 1.165) is 11.8 Å². The van der Waals surface area contributed by atoms with Crippen molar-refractivity contribution >= 4 is 33.5 Å². The zero-order valence-electron chi connectivity index (χ0n) is 17.1. The molecule has 0 saturated carbocycles. The summed E-state index contributed by atoms with van der Waals surface area (Å²) in [6.45, 7) is 6.04. The number of anilines is 2. The van der Waals surface area contributed by atoms with Gasteiger partial charge >= 0.3 is 0 Å². The van der Waals surface area contributed by atoms with E-state index in [4.69, 9.17) is 11.6 Å². The number of rotatable bonds is 10. The predicted octanol–water partition coefficient (Wildman–Crippen LogP) is 3.06. The highest BCUT2D eigenvalue weighted by Gasteiger charge is 2.17. The molecule has 10 heteroatoms. The van der Waals surface area contributed by atoms with Crippen LogP contribution in [0, 0.1) is 5.92 Å². The molecule has 0 aliphatic heterocycles. The molecule has 160 valence electrons. The predicted molar refractivity (Wildman–Crippen MR) is 116 cm³/mol. The normalized spacial score (nSPS) is 13.9. The zero-order valence-corrected chi connectivity index (χ0v) is 18.6. The number of aliphatic hydroxyl groups excluding tert-OH is 1. The van der Waals surface area contributed by atoms with Crippen LogP contribution in [0.5, 0.6) is 0 Å². The summed E-state index contributed by atoms with van der Waals surface area (Å²) in [5.41, 5.74) is 1.06. The van der Waals surface area contributed by atoms with Crippen LogP contribution >= 0.6 is 11.6 Å². The van der Waals surface area contributed by atoms with Crippen LogP contribution in [-0.4, -0.2) is 47.4 Å². The maximum absolute atomic E-state index is 11.6. The molecule has 1 heterocycles. The van der Waals surface area contributed by atoms with Crippen molar-refractivity contribution in [2.45, 2.75) is 45.6 Å². The van der Waals surface area contributed by atoms with E-state index in [1.165, 1.54) is 0 Å². The molecule has 1 aromatic carbocycles. The maximum Gasteiger partial charge on any atom is 0.241 e. The first-order valence-corrected chi connectivity index (χ1v) is 11.7. The summed E-state index contributed by atoms with van der Waals surface area (Å²) in [6, 6.07) is 7.27. The summed E-state index contributed by atoms with van der Waals surface area (Å²) < 4.78 is 25.6. The highest BCUT2D eigenvalue weighted by molar-refractivity contribution is 7.91. The second-order valence-electron chi connectivity index (χ2n) is 7.58. The summed E-state index contributed by atoms with van der Waals surface area (Å²) in [4.78, 5) is 12.8. The molecule has 0 spiro atoms. The second-order valence-corrected chi connectivity index (χ2v) is 9.77. The Hall–Kier alpha value is -1.97. The molecule has 8 nitrogen and oxygen atoms in total. The van der Waals surface area contributed by atoms with Crippen LogP contribution in [0.25, 0.3) is 0 Å². The van der Waals surface area contributed by atoms with E-state index < -0.39 is 10.0 Å². The van der Waals surface area contributed by atoms with Crippen LogP contribution in [0.1, 0.15) is 44.5 Å². The van der Waals surface area contributed by atoms with Gasteiger partial charge in [-0.15, -0.1) is 0 Å². The van der Waals surface area contributed by atoms with E-state index in [1.54, 1.807) is 0 Å². The molecule has 2 atom stereocenters.